The quantitative estimate of drug-likeness (QED) is 0.135. The minimum atomic E-state index is -3.78. The van der Waals surface area contributed by atoms with Crippen molar-refractivity contribution in [2.75, 3.05) is 13.2 Å². The highest BCUT2D eigenvalue weighted by atomic mass is 35.7. The van der Waals surface area contributed by atoms with E-state index in [0.29, 0.717) is 59.0 Å². The molecule has 2 aliphatic carbocycles. The molecule has 4 N–H and O–H groups in total. The van der Waals surface area contributed by atoms with Gasteiger partial charge >= 0.3 is 6.09 Å². The van der Waals surface area contributed by atoms with Crippen molar-refractivity contribution >= 4 is 69.1 Å². The summed E-state index contributed by atoms with van der Waals surface area (Å²) in [5.74, 6) is 1.28. The molecule has 0 fully saturated rings. The Balaban J connectivity index is 0.000000140. The van der Waals surface area contributed by atoms with Gasteiger partial charge in [0.05, 0.1) is 45.1 Å². The monoisotopic (exact) mass is 926 g/mol. The van der Waals surface area contributed by atoms with Crippen molar-refractivity contribution in [3.05, 3.63) is 120 Å². The molecule has 6 aromatic rings. The number of alkyl carbamates (subject to hydrolysis) is 1. The lowest BCUT2D eigenvalue weighted by Crippen LogP contribution is -2.39. The summed E-state index contributed by atoms with van der Waals surface area (Å²) in [7, 11) is -2.16. The van der Waals surface area contributed by atoms with Crippen molar-refractivity contribution in [1.82, 2.24) is 24.2 Å². The van der Waals surface area contributed by atoms with E-state index in [2.05, 4.69) is 26.3 Å². The van der Waals surface area contributed by atoms with E-state index >= 15 is 0 Å². The predicted octanol–water partition coefficient (Wildman–Crippen LogP) is 8.68. The van der Waals surface area contributed by atoms with Crippen LogP contribution in [0, 0.1) is 0 Å². The van der Waals surface area contributed by atoms with Gasteiger partial charge in [-0.1, -0.05) is 24.3 Å². The Bertz CT molecular complexity index is 3010. The van der Waals surface area contributed by atoms with Crippen LogP contribution < -0.4 is 20.5 Å². The molecule has 64 heavy (non-hydrogen) atoms. The van der Waals surface area contributed by atoms with E-state index in [1.165, 1.54) is 15.6 Å². The first-order valence-electron chi connectivity index (χ1n) is 21.3. The van der Waals surface area contributed by atoms with Crippen LogP contribution in [0.5, 0.6) is 11.5 Å². The third-order valence-corrected chi connectivity index (χ3v) is 14.5. The second kappa shape index (κ2) is 18.4. The second-order valence-electron chi connectivity index (χ2n) is 17.0. The zero-order valence-corrected chi connectivity index (χ0v) is 38.2. The highest BCUT2D eigenvalue weighted by Gasteiger charge is 2.30. The molecule has 0 saturated heterocycles. The Hall–Kier alpha value is -5.68. The van der Waals surface area contributed by atoms with Crippen LogP contribution in [0.3, 0.4) is 0 Å². The third kappa shape index (κ3) is 9.84. The molecule has 17 heteroatoms. The largest absolute Gasteiger partial charge is 0.493 e. The van der Waals surface area contributed by atoms with Gasteiger partial charge in [0.15, 0.2) is 0 Å². The summed E-state index contributed by atoms with van der Waals surface area (Å²) in [4.78, 5) is 24.5. The maximum absolute atomic E-state index is 13.6. The van der Waals surface area contributed by atoms with Crippen LogP contribution in [0.15, 0.2) is 107 Å². The Morgan fingerprint density at radius 1 is 0.844 bits per heavy atom. The summed E-state index contributed by atoms with van der Waals surface area (Å²) in [6.45, 7) is 6.64. The topological polar surface area (TPSA) is 198 Å². The van der Waals surface area contributed by atoms with E-state index in [1.807, 2.05) is 57.4 Å². The molecule has 4 aromatic heterocycles. The first-order valence-corrected chi connectivity index (χ1v) is 25.0. The van der Waals surface area contributed by atoms with Gasteiger partial charge in [-0.05, 0) is 119 Å². The molecule has 2 atom stereocenters. The van der Waals surface area contributed by atoms with Gasteiger partial charge < -0.3 is 30.2 Å². The van der Waals surface area contributed by atoms with E-state index in [1.54, 1.807) is 48.8 Å². The lowest BCUT2D eigenvalue weighted by Gasteiger charge is -2.25. The molecule has 1 amide bonds. The molecule has 14 nitrogen and oxygen atoms in total. The molecule has 0 spiro atoms. The van der Waals surface area contributed by atoms with E-state index in [0.717, 1.165) is 71.8 Å². The first kappa shape index (κ1) is 44.9. The number of nitrogens with zero attached hydrogens (tertiary/aromatic N) is 3. The number of allylic oxidation sites excluding steroid dienone is 2. The van der Waals surface area contributed by atoms with Gasteiger partial charge in [-0.25, -0.2) is 25.6 Å². The molecule has 2 aliphatic heterocycles. The molecule has 0 radical (unpaired) electrons. The van der Waals surface area contributed by atoms with Gasteiger partial charge in [-0.3, -0.25) is 9.97 Å². The number of hydrogen-bond donors (Lipinski definition) is 3. The average molecular weight is 928 g/mol. The van der Waals surface area contributed by atoms with E-state index in [-0.39, 0.29) is 23.1 Å². The van der Waals surface area contributed by atoms with Crippen LogP contribution in [0.2, 0.25) is 0 Å². The lowest BCUT2D eigenvalue weighted by molar-refractivity contribution is 0.0501. The number of ether oxygens (including phenoxy) is 3. The van der Waals surface area contributed by atoms with E-state index in [4.69, 9.17) is 30.6 Å². The van der Waals surface area contributed by atoms with E-state index < -0.39 is 24.7 Å². The molecular weight excluding hydrogens is 876 g/mol. The van der Waals surface area contributed by atoms with Crippen LogP contribution in [0.4, 0.5) is 4.79 Å². The average Bonchev–Trinajstić information content (AvgIpc) is 4.09. The summed E-state index contributed by atoms with van der Waals surface area (Å²) in [5.41, 5.74) is 14.8. The van der Waals surface area contributed by atoms with Crippen molar-refractivity contribution in [3.63, 3.8) is 0 Å². The zero-order valence-electron chi connectivity index (χ0n) is 35.8. The lowest BCUT2D eigenvalue weighted by atomic mass is 9.91. The summed E-state index contributed by atoms with van der Waals surface area (Å²) in [6, 6.07) is 17.7. The number of benzene rings is 2. The smallest absolute Gasteiger partial charge is 0.407 e. The molecule has 0 bridgehead atoms. The Morgan fingerprint density at radius 2 is 1.52 bits per heavy atom. The van der Waals surface area contributed by atoms with Crippen molar-refractivity contribution in [3.8, 4) is 11.5 Å². The second-order valence-corrected chi connectivity index (χ2v) is 21.3. The van der Waals surface area contributed by atoms with Crippen LogP contribution in [0.25, 0.3) is 33.2 Å². The first-order chi connectivity index (χ1) is 30.6. The highest BCUT2D eigenvalue weighted by Crippen LogP contribution is 2.37. The molecular formula is C47H51ClN6O8S2. The number of rotatable bonds is 6. The minimum Gasteiger partial charge on any atom is -0.493 e. The van der Waals surface area contributed by atoms with Gasteiger partial charge in [0.1, 0.15) is 17.1 Å². The summed E-state index contributed by atoms with van der Waals surface area (Å²) in [6.07, 6.45) is 17.8. The number of nitrogens with one attached hydrogen (secondary N) is 2. The molecule has 2 aromatic carbocycles. The molecule has 6 heterocycles. The summed E-state index contributed by atoms with van der Waals surface area (Å²) < 4.78 is 66.9. The third-order valence-electron chi connectivity index (χ3n) is 11.4. The summed E-state index contributed by atoms with van der Waals surface area (Å²) >= 11 is 0. The van der Waals surface area contributed by atoms with Crippen molar-refractivity contribution in [1.29, 1.82) is 0 Å². The number of aromatic amines is 1. The van der Waals surface area contributed by atoms with Crippen LogP contribution in [-0.2, 0) is 36.7 Å². The maximum Gasteiger partial charge on any atom is 0.407 e. The minimum absolute atomic E-state index is 0.00277. The van der Waals surface area contributed by atoms with Crippen LogP contribution >= 0.6 is 10.7 Å². The number of aromatic nitrogens is 4. The Morgan fingerprint density at radius 3 is 2.17 bits per heavy atom. The van der Waals surface area contributed by atoms with Gasteiger partial charge in [0.2, 0.25) is 0 Å². The maximum atomic E-state index is 13.6. The molecule has 10 rings (SSSR count). The number of hydrogen-bond acceptors (Lipinski definition) is 11. The van der Waals surface area contributed by atoms with Gasteiger partial charge in [0.25, 0.3) is 19.1 Å². The van der Waals surface area contributed by atoms with Crippen molar-refractivity contribution in [2.45, 2.75) is 99.6 Å². The number of carbonyl (C=O) groups excluding carboxylic acids is 1. The molecule has 336 valence electrons. The highest BCUT2D eigenvalue weighted by molar-refractivity contribution is 8.13. The molecule has 0 saturated carbocycles. The number of nitrogens with two attached hydrogens (primary N) is 1. The number of pyridine rings is 2. The molecule has 4 aliphatic rings. The normalized spacial score (nSPS) is 18.2. The predicted molar refractivity (Wildman–Crippen MR) is 248 cm³/mol. The Labute approximate surface area is 377 Å². The van der Waals surface area contributed by atoms with Crippen LogP contribution in [0.1, 0.15) is 81.5 Å². The SMILES string of the molecule is CC(C)(C)OC(=O)NC1CC=C(c2c[nH]c3cccnc23)CC1.NC1C=C(c2cn(S(=O)(=O)c3cccc4c3CCO4)c3cccnc23)CCC1.O=S(=O)(Cl)c1cccc2c1CCO2. The van der Waals surface area contributed by atoms with Crippen molar-refractivity contribution < 1.29 is 35.8 Å². The fourth-order valence-electron chi connectivity index (χ4n) is 8.48. The fourth-order valence-corrected chi connectivity index (χ4v) is 11.3. The standard InChI is InChI=1S/C21H21N3O3S.C18H23N3O2.C8H7ClO3S/c22-15-5-1-4-14(12-15)17-13-24(18-6-3-10-23-21(17)18)28(25,26)20-8-2-7-19-16(20)9-11-27-19;1-18(2,3)23-17(22)21-13-8-6-12(7-9-13)14-11-20-15-5-4-10-19-16(14)15;9-13(10,11)8-3-1-2-7-6(8)4-5-12-7/h2-3,6-8,10,12-13,15H,1,4-5,9,11,22H2;4-6,10-11,13,20H,7-9H2,1-3H3,(H,21,22);1-3H,4-5H2. The van der Waals surface area contributed by atoms with E-state index in [9.17, 15) is 21.6 Å². The molecule has 2 unspecified atom stereocenters. The van der Waals surface area contributed by atoms with Gasteiger partial charge in [-0.2, -0.15) is 0 Å². The van der Waals surface area contributed by atoms with Gasteiger partial charge in [0, 0.05) is 82.6 Å². The summed E-state index contributed by atoms with van der Waals surface area (Å²) in [5, 5.41) is 2.95. The number of H-pyrrole nitrogens is 1. The van der Waals surface area contributed by atoms with Crippen molar-refractivity contribution in [2.24, 2.45) is 5.73 Å². The fraction of sp³-hybridized carbons (Fsp3) is 0.340. The number of amides is 1. The van der Waals surface area contributed by atoms with Crippen LogP contribution in [-0.4, -0.2) is 72.8 Å². The number of halogens is 1. The number of carbonyl (C=O) groups is 1. The number of fused-ring (bicyclic) bond motifs is 4. The Kier molecular flexibility index (Phi) is 12.9. The zero-order chi connectivity index (χ0) is 45.2. The van der Waals surface area contributed by atoms with Gasteiger partial charge in [-0.15, -0.1) is 0 Å².